The van der Waals surface area contributed by atoms with Crippen LogP contribution < -0.4 is 14.8 Å². The summed E-state index contributed by atoms with van der Waals surface area (Å²) < 4.78 is 21.2. The molecular formula is C15H20N2O4. The molecule has 0 aliphatic rings. The average molecular weight is 292 g/mol. The second kappa shape index (κ2) is 7.66. The second-order valence-electron chi connectivity index (χ2n) is 4.52. The number of nitrogens with zero attached hydrogens (tertiary/aromatic N) is 1. The molecule has 21 heavy (non-hydrogen) atoms. The molecule has 1 aromatic carbocycles. The molecule has 0 saturated carbocycles. The zero-order chi connectivity index (χ0) is 15.1. The number of rotatable bonds is 8. The van der Waals surface area contributed by atoms with Crippen molar-refractivity contribution in [2.75, 3.05) is 21.3 Å². The molecule has 0 bridgehead atoms. The van der Waals surface area contributed by atoms with E-state index in [1.54, 1.807) is 14.2 Å². The van der Waals surface area contributed by atoms with Crippen LogP contribution in [0, 0.1) is 0 Å². The largest absolute Gasteiger partial charge is 0.493 e. The van der Waals surface area contributed by atoms with Crippen LogP contribution in [0.2, 0.25) is 0 Å². The molecule has 0 spiro atoms. The Bertz CT molecular complexity index is 569. The molecule has 6 heteroatoms. The van der Waals surface area contributed by atoms with E-state index in [-0.39, 0.29) is 0 Å². The first-order valence-corrected chi connectivity index (χ1v) is 6.64. The highest BCUT2D eigenvalue weighted by molar-refractivity contribution is 5.43. The molecule has 0 fully saturated rings. The summed E-state index contributed by atoms with van der Waals surface area (Å²) in [6, 6.07) is 7.64. The molecule has 0 amide bonds. The fourth-order valence-electron chi connectivity index (χ4n) is 1.93. The summed E-state index contributed by atoms with van der Waals surface area (Å²) in [5, 5.41) is 7.02. The monoisotopic (exact) mass is 292 g/mol. The Kier molecular flexibility index (Phi) is 5.59. The van der Waals surface area contributed by atoms with Gasteiger partial charge in [0.15, 0.2) is 17.3 Å². The van der Waals surface area contributed by atoms with Crippen LogP contribution >= 0.6 is 0 Å². The third kappa shape index (κ3) is 4.21. The van der Waals surface area contributed by atoms with Crippen molar-refractivity contribution in [2.45, 2.75) is 19.8 Å². The Labute approximate surface area is 124 Å². The molecular weight excluding hydrogens is 272 g/mol. The molecule has 0 atom stereocenters. The van der Waals surface area contributed by atoms with Gasteiger partial charge in [0.05, 0.1) is 7.11 Å². The maximum Gasteiger partial charge on any atom is 0.162 e. The summed E-state index contributed by atoms with van der Waals surface area (Å²) in [6.45, 7) is 1.49. The first kappa shape index (κ1) is 15.3. The van der Waals surface area contributed by atoms with E-state index in [0.717, 1.165) is 12.1 Å². The third-order valence-electron chi connectivity index (χ3n) is 2.88. The molecule has 1 heterocycles. The molecule has 2 aromatic rings. The van der Waals surface area contributed by atoms with Gasteiger partial charge in [0.2, 0.25) is 0 Å². The lowest BCUT2D eigenvalue weighted by Crippen LogP contribution is -2.05. The van der Waals surface area contributed by atoms with Crippen LogP contribution in [0.15, 0.2) is 28.8 Å². The van der Waals surface area contributed by atoms with Crippen molar-refractivity contribution >= 4 is 0 Å². The Balaban J connectivity index is 2.01. The average Bonchev–Trinajstić information content (AvgIpc) is 2.94. The van der Waals surface area contributed by atoms with E-state index in [0.29, 0.717) is 36.2 Å². The van der Waals surface area contributed by atoms with Crippen molar-refractivity contribution in [3.05, 3.63) is 41.3 Å². The van der Waals surface area contributed by atoms with Gasteiger partial charge in [-0.25, -0.2) is 0 Å². The minimum Gasteiger partial charge on any atom is -0.493 e. The van der Waals surface area contributed by atoms with Crippen molar-refractivity contribution in [1.29, 1.82) is 0 Å². The number of benzene rings is 1. The molecule has 114 valence electrons. The lowest BCUT2D eigenvalue weighted by atomic mass is 10.2. The Morgan fingerprint density at radius 3 is 2.71 bits per heavy atom. The molecule has 0 unspecified atom stereocenters. The maximum absolute atomic E-state index is 5.73. The normalized spacial score (nSPS) is 10.6. The van der Waals surface area contributed by atoms with Crippen LogP contribution in [-0.4, -0.2) is 26.4 Å². The number of hydrogen-bond acceptors (Lipinski definition) is 6. The molecule has 0 aliphatic carbocycles. The quantitative estimate of drug-likeness (QED) is 0.804. The van der Waals surface area contributed by atoms with E-state index in [4.69, 9.17) is 18.7 Å². The highest BCUT2D eigenvalue weighted by Crippen LogP contribution is 2.28. The van der Waals surface area contributed by atoms with Crippen molar-refractivity contribution in [1.82, 2.24) is 10.5 Å². The predicted molar refractivity (Wildman–Crippen MR) is 77.3 cm³/mol. The molecule has 1 N–H and O–H groups in total. The molecule has 2 rings (SSSR count). The third-order valence-corrected chi connectivity index (χ3v) is 2.88. The highest BCUT2D eigenvalue weighted by atomic mass is 16.5. The van der Waals surface area contributed by atoms with Gasteiger partial charge in [-0.05, 0) is 24.7 Å². The zero-order valence-corrected chi connectivity index (χ0v) is 12.5. The molecule has 0 aliphatic heterocycles. The lowest BCUT2D eigenvalue weighted by Gasteiger charge is -2.11. The summed E-state index contributed by atoms with van der Waals surface area (Å²) in [6.07, 6.45) is 0. The molecule has 0 saturated heterocycles. The van der Waals surface area contributed by atoms with E-state index in [1.165, 1.54) is 0 Å². The maximum atomic E-state index is 5.73. The molecule has 1 aromatic heterocycles. The van der Waals surface area contributed by atoms with Gasteiger partial charge < -0.3 is 24.1 Å². The Hall–Kier alpha value is -2.05. The van der Waals surface area contributed by atoms with Crippen LogP contribution in [0.5, 0.6) is 11.5 Å². The standard InChI is InChI=1S/C15H20N2O4/c1-16-8-11-4-5-14(15(6-11)19-3)20-9-12-7-13(10-18-2)21-17-12/h4-7,16H,8-10H2,1-3H3. The van der Waals surface area contributed by atoms with Crippen LogP contribution in [0.3, 0.4) is 0 Å². The van der Waals surface area contributed by atoms with Gasteiger partial charge >= 0.3 is 0 Å². The van der Waals surface area contributed by atoms with E-state index in [9.17, 15) is 0 Å². The fraction of sp³-hybridized carbons (Fsp3) is 0.400. The van der Waals surface area contributed by atoms with Crippen LogP contribution in [-0.2, 0) is 24.5 Å². The Morgan fingerprint density at radius 2 is 2.00 bits per heavy atom. The topological polar surface area (TPSA) is 65.8 Å². The lowest BCUT2D eigenvalue weighted by molar-refractivity contribution is 0.155. The Morgan fingerprint density at radius 1 is 1.14 bits per heavy atom. The van der Waals surface area contributed by atoms with E-state index in [1.807, 2.05) is 31.3 Å². The number of aromatic nitrogens is 1. The minimum absolute atomic E-state index is 0.314. The first-order chi connectivity index (χ1) is 10.3. The summed E-state index contributed by atoms with van der Waals surface area (Å²) >= 11 is 0. The van der Waals surface area contributed by atoms with Crippen LogP contribution in [0.4, 0.5) is 0 Å². The zero-order valence-electron chi connectivity index (χ0n) is 12.5. The van der Waals surface area contributed by atoms with E-state index in [2.05, 4.69) is 10.5 Å². The van der Waals surface area contributed by atoms with Crippen molar-refractivity contribution in [2.24, 2.45) is 0 Å². The minimum atomic E-state index is 0.314. The first-order valence-electron chi connectivity index (χ1n) is 6.64. The number of hydrogen-bond donors (Lipinski definition) is 1. The van der Waals surface area contributed by atoms with Gasteiger partial charge in [0.1, 0.15) is 18.9 Å². The smallest absolute Gasteiger partial charge is 0.162 e. The summed E-state index contributed by atoms with van der Waals surface area (Å²) in [5.74, 6) is 2.05. The molecule has 6 nitrogen and oxygen atoms in total. The van der Waals surface area contributed by atoms with Gasteiger partial charge in [-0.3, -0.25) is 0 Å². The summed E-state index contributed by atoms with van der Waals surface area (Å²) in [5.41, 5.74) is 1.84. The number of methoxy groups -OCH3 is 2. The highest BCUT2D eigenvalue weighted by Gasteiger charge is 2.08. The van der Waals surface area contributed by atoms with Gasteiger partial charge in [0.25, 0.3) is 0 Å². The number of nitrogens with one attached hydrogen (secondary N) is 1. The number of ether oxygens (including phenoxy) is 3. The summed E-state index contributed by atoms with van der Waals surface area (Å²) in [4.78, 5) is 0. The van der Waals surface area contributed by atoms with Gasteiger partial charge in [-0.1, -0.05) is 11.2 Å². The van der Waals surface area contributed by atoms with Crippen molar-refractivity contribution in [3.8, 4) is 11.5 Å². The fourth-order valence-corrected chi connectivity index (χ4v) is 1.93. The van der Waals surface area contributed by atoms with Crippen molar-refractivity contribution in [3.63, 3.8) is 0 Å². The predicted octanol–water partition coefficient (Wildman–Crippen LogP) is 2.13. The second-order valence-corrected chi connectivity index (χ2v) is 4.52. The van der Waals surface area contributed by atoms with Gasteiger partial charge in [-0.15, -0.1) is 0 Å². The van der Waals surface area contributed by atoms with Crippen LogP contribution in [0.1, 0.15) is 17.0 Å². The van der Waals surface area contributed by atoms with Gasteiger partial charge in [-0.2, -0.15) is 0 Å². The van der Waals surface area contributed by atoms with Crippen molar-refractivity contribution < 1.29 is 18.7 Å². The van der Waals surface area contributed by atoms with E-state index >= 15 is 0 Å². The summed E-state index contributed by atoms with van der Waals surface area (Å²) in [7, 11) is 5.13. The van der Waals surface area contributed by atoms with Gasteiger partial charge in [0, 0.05) is 19.7 Å². The van der Waals surface area contributed by atoms with Crippen LogP contribution in [0.25, 0.3) is 0 Å². The van der Waals surface area contributed by atoms with E-state index < -0.39 is 0 Å². The SMILES string of the molecule is CNCc1ccc(OCc2cc(COC)on2)c(OC)c1. The molecule has 0 radical (unpaired) electrons.